The van der Waals surface area contributed by atoms with E-state index in [0.29, 0.717) is 29.3 Å². The molecule has 2 atom stereocenters. The summed E-state index contributed by atoms with van der Waals surface area (Å²) in [6.07, 6.45) is 5.02. The number of ether oxygens (including phenoxy) is 2. The van der Waals surface area contributed by atoms with E-state index < -0.39 is 16.2 Å². The molecular formula is C18H21N3O3S. The molecule has 3 rings (SSSR count). The van der Waals surface area contributed by atoms with Crippen LogP contribution in [0.4, 0.5) is 0 Å². The van der Waals surface area contributed by atoms with Crippen LogP contribution in [-0.2, 0) is 20.3 Å². The van der Waals surface area contributed by atoms with Crippen molar-refractivity contribution in [1.29, 1.82) is 0 Å². The number of aromatic amines is 1. The third-order valence-corrected chi connectivity index (χ3v) is 5.29. The molecule has 0 spiro atoms. The summed E-state index contributed by atoms with van der Waals surface area (Å²) in [5.41, 5.74) is 1.57. The van der Waals surface area contributed by atoms with Gasteiger partial charge in [0.2, 0.25) is 0 Å². The number of H-pyrrole nitrogens is 1. The first kappa shape index (κ1) is 17.7. The molecule has 0 aliphatic carbocycles. The monoisotopic (exact) mass is 359 g/mol. The van der Waals surface area contributed by atoms with Crippen LogP contribution in [0.15, 0.2) is 53.8 Å². The number of aromatic nitrogens is 3. The number of methoxy groups -OCH3 is 1. The molecular weight excluding hydrogens is 338 g/mol. The van der Waals surface area contributed by atoms with Crippen molar-refractivity contribution in [3.05, 3.63) is 54.6 Å². The Bertz CT molecular complexity index is 823. The van der Waals surface area contributed by atoms with Crippen molar-refractivity contribution in [1.82, 2.24) is 15.0 Å². The summed E-state index contributed by atoms with van der Waals surface area (Å²) < 4.78 is 24.3. The molecule has 132 valence electrons. The molecule has 3 aromatic rings. The molecule has 0 amide bonds. The van der Waals surface area contributed by atoms with E-state index in [2.05, 4.69) is 15.0 Å². The minimum absolute atomic E-state index is 0.493. The van der Waals surface area contributed by atoms with Gasteiger partial charge in [0.1, 0.15) is 5.52 Å². The SMILES string of the molecule is COCCCCOC(c1ccccn1)S(=O)c1cccc2[nH]cnc12. The second kappa shape index (κ2) is 8.84. The summed E-state index contributed by atoms with van der Waals surface area (Å²) in [6, 6.07) is 11.1. The Hall–Kier alpha value is -2.09. The van der Waals surface area contributed by atoms with E-state index in [1.165, 1.54) is 0 Å². The Labute approximate surface area is 149 Å². The highest BCUT2D eigenvalue weighted by Crippen LogP contribution is 2.29. The van der Waals surface area contributed by atoms with Crippen LogP contribution in [0, 0.1) is 0 Å². The van der Waals surface area contributed by atoms with E-state index in [-0.39, 0.29) is 0 Å². The van der Waals surface area contributed by atoms with E-state index in [9.17, 15) is 4.21 Å². The quantitative estimate of drug-likeness (QED) is 0.594. The average molecular weight is 359 g/mol. The van der Waals surface area contributed by atoms with Gasteiger partial charge in [0.15, 0.2) is 5.44 Å². The van der Waals surface area contributed by atoms with Gasteiger partial charge in [-0.3, -0.25) is 9.19 Å². The molecule has 0 saturated heterocycles. The molecule has 0 aliphatic heterocycles. The third-order valence-electron chi connectivity index (χ3n) is 3.77. The van der Waals surface area contributed by atoms with Crippen LogP contribution in [0.5, 0.6) is 0 Å². The molecule has 25 heavy (non-hydrogen) atoms. The Morgan fingerprint density at radius 2 is 2.00 bits per heavy atom. The molecule has 1 aromatic carbocycles. The zero-order chi connectivity index (χ0) is 17.5. The van der Waals surface area contributed by atoms with Crippen molar-refractivity contribution in [3.63, 3.8) is 0 Å². The average Bonchev–Trinajstić information content (AvgIpc) is 3.14. The molecule has 6 nitrogen and oxygen atoms in total. The summed E-state index contributed by atoms with van der Waals surface area (Å²) in [5, 5.41) is 0. The van der Waals surface area contributed by atoms with E-state index in [1.54, 1.807) is 19.6 Å². The highest BCUT2D eigenvalue weighted by molar-refractivity contribution is 7.85. The van der Waals surface area contributed by atoms with Crippen LogP contribution in [0.3, 0.4) is 0 Å². The number of nitrogens with one attached hydrogen (secondary N) is 1. The zero-order valence-electron chi connectivity index (χ0n) is 14.1. The minimum Gasteiger partial charge on any atom is -0.385 e. The largest absolute Gasteiger partial charge is 0.385 e. The Kier molecular flexibility index (Phi) is 6.27. The van der Waals surface area contributed by atoms with Gasteiger partial charge < -0.3 is 14.5 Å². The lowest BCUT2D eigenvalue weighted by Gasteiger charge is -2.17. The highest BCUT2D eigenvalue weighted by atomic mass is 32.2. The number of hydrogen-bond acceptors (Lipinski definition) is 5. The maximum Gasteiger partial charge on any atom is 0.178 e. The standard InChI is InChI=1S/C18H21N3O3S/c1-23-11-4-5-12-24-18(15-7-2-3-10-19-15)25(22)16-9-6-8-14-17(16)21-13-20-14/h2-3,6-10,13,18H,4-5,11-12H2,1H3,(H,20,21). The van der Waals surface area contributed by atoms with Gasteiger partial charge in [-0.25, -0.2) is 4.98 Å². The van der Waals surface area contributed by atoms with Crippen LogP contribution in [0.1, 0.15) is 24.0 Å². The van der Waals surface area contributed by atoms with Crippen molar-refractivity contribution in [3.8, 4) is 0 Å². The number of nitrogens with zero attached hydrogens (tertiary/aromatic N) is 2. The molecule has 1 N–H and O–H groups in total. The first-order valence-electron chi connectivity index (χ1n) is 8.15. The molecule has 0 radical (unpaired) electrons. The van der Waals surface area contributed by atoms with Gasteiger partial charge in [-0.2, -0.15) is 0 Å². The van der Waals surface area contributed by atoms with Gasteiger partial charge in [0, 0.05) is 26.5 Å². The molecule has 2 aromatic heterocycles. The number of fused-ring (bicyclic) bond motifs is 1. The van der Waals surface area contributed by atoms with Crippen LogP contribution in [0.25, 0.3) is 11.0 Å². The maximum atomic E-state index is 13.2. The van der Waals surface area contributed by atoms with Crippen LogP contribution < -0.4 is 0 Å². The fourth-order valence-corrected chi connectivity index (χ4v) is 3.90. The van der Waals surface area contributed by atoms with Crippen LogP contribution in [-0.4, -0.2) is 39.5 Å². The Morgan fingerprint density at radius 3 is 2.80 bits per heavy atom. The number of imidazole rings is 1. The van der Waals surface area contributed by atoms with Crippen LogP contribution >= 0.6 is 0 Å². The van der Waals surface area contributed by atoms with E-state index in [0.717, 1.165) is 18.4 Å². The van der Waals surface area contributed by atoms with Crippen molar-refractivity contribution in [2.45, 2.75) is 23.2 Å². The molecule has 2 unspecified atom stereocenters. The molecule has 7 heteroatoms. The lowest BCUT2D eigenvalue weighted by atomic mass is 10.3. The summed E-state index contributed by atoms with van der Waals surface area (Å²) >= 11 is 0. The fourth-order valence-electron chi connectivity index (χ4n) is 2.53. The summed E-state index contributed by atoms with van der Waals surface area (Å²) in [7, 11) is 0.247. The summed E-state index contributed by atoms with van der Waals surface area (Å²) in [4.78, 5) is 12.3. The number of unbranched alkanes of at least 4 members (excludes halogenated alkanes) is 1. The van der Waals surface area contributed by atoms with Crippen molar-refractivity contribution >= 4 is 21.8 Å². The highest BCUT2D eigenvalue weighted by Gasteiger charge is 2.24. The van der Waals surface area contributed by atoms with E-state index in [1.807, 2.05) is 36.4 Å². The first-order chi connectivity index (χ1) is 12.3. The predicted octanol–water partition coefficient (Wildman–Crippen LogP) is 3.21. The Morgan fingerprint density at radius 1 is 1.12 bits per heavy atom. The lowest BCUT2D eigenvalue weighted by molar-refractivity contribution is 0.0958. The summed E-state index contributed by atoms with van der Waals surface area (Å²) in [6.45, 7) is 1.18. The number of benzene rings is 1. The molecule has 0 bridgehead atoms. The normalized spacial score (nSPS) is 13.8. The van der Waals surface area contributed by atoms with E-state index in [4.69, 9.17) is 9.47 Å². The van der Waals surface area contributed by atoms with Crippen molar-refractivity contribution < 1.29 is 13.7 Å². The second-order valence-corrected chi connectivity index (χ2v) is 6.97. The van der Waals surface area contributed by atoms with Crippen molar-refractivity contribution in [2.75, 3.05) is 20.3 Å². The first-order valence-corrected chi connectivity index (χ1v) is 9.36. The minimum atomic E-state index is -1.43. The van der Waals surface area contributed by atoms with Crippen molar-refractivity contribution in [2.24, 2.45) is 0 Å². The topological polar surface area (TPSA) is 77.1 Å². The van der Waals surface area contributed by atoms with Gasteiger partial charge >= 0.3 is 0 Å². The number of rotatable bonds is 9. The molecule has 2 heterocycles. The fraction of sp³-hybridized carbons (Fsp3) is 0.333. The zero-order valence-corrected chi connectivity index (χ0v) is 14.9. The number of para-hydroxylation sites is 1. The van der Waals surface area contributed by atoms with Gasteiger partial charge in [-0.05, 0) is 37.1 Å². The number of hydrogen-bond donors (Lipinski definition) is 1. The Balaban J connectivity index is 1.83. The molecule has 0 aliphatic rings. The molecule has 0 fully saturated rings. The summed E-state index contributed by atoms with van der Waals surface area (Å²) in [5.74, 6) is 0. The van der Waals surface area contributed by atoms with Gasteiger partial charge in [0.25, 0.3) is 0 Å². The van der Waals surface area contributed by atoms with Gasteiger partial charge in [-0.1, -0.05) is 12.1 Å². The lowest BCUT2D eigenvalue weighted by Crippen LogP contribution is -2.14. The smallest absolute Gasteiger partial charge is 0.178 e. The van der Waals surface area contributed by atoms with Gasteiger partial charge in [0.05, 0.1) is 33.2 Å². The predicted molar refractivity (Wildman–Crippen MR) is 96.5 cm³/mol. The number of pyridine rings is 1. The molecule has 0 saturated carbocycles. The second-order valence-electron chi connectivity index (χ2n) is 5.51. The maximum absolute atomic E-state index is 13.2. The van der Waals surface area contributed by atoms with Crippen LogP contribution in [0.2, 0.25) is 0 Å². The van der Waals surface area contributed by atoms with Gasteiger partial charge in [-0.15, -0.1) is 0 Å². The third kappa shape index (κ3) is 4.31. The van der Waals surface area contributed by atoms with E-state index >= 15 is 0 Å².